The highest BCUT2D eigenvalue weighted by Crippen LogP contribution is 2.38. The number of rotatable bonds is 4. The monoisotopic (exact) mass is 359 g/mol. The number of fused-ring (bicyclic) bond motifs is 1. The number of nitrogens with one attached hydrogen (secondary N) is 1. The molecule has 0 aliphatic rings. The van der Waals surface area contributed by atoms with Crippen LogP contribution in [0.25, 0.3) is 21.3 Å². The smallest absolute Gasteiger partial charge is 0.143 e. The predicted molar refractivity (Wildman–Crippen MR) is 111 cm³/mol. The fraction of sp³-hybridized carbons (Fsp3) is 0.182. The Morgan fingerprint density at radius 2 is 1.81 bits per heavy atom. The van der Waals surface area contributed by atoms with Crippen LogP contribution in [0.5, 0.6) is 0 Å². The molecular formula is C22H21N3S. The Hall–Kier alpha value is -2.72. The molecule has 0 aliphatic heterocycles. The van der Waals surface area contributed by atoms with Crippen molar-refractivity contribution in [2.45, 2.75) is 27.2 Å². The standard InChI is InChI=1S/C22H21N3S/c1-4-16-7-5-6-15(3)20(16)25-21-19-18(12-26-22(19)24-13-23-21)17-10-8-14(2)9-11-17/h5-13H,4H2,1-3H3,(H,23,24,25). The number of nitrogens with zero attached hydrogens (tertiary/aromatic N) is 2. The van der Waals surface area contributed by atoms with Crippen LogP contribution in [0.3, 0.4) is 0 Å². The zero-order valence-corrected chi connectivity index (χ0v) is 16.0. The maximum absolute atomic E-state index is 4.58. The second-order valence-corrected chi connectivity index (χ2v) is 7.36. The van der Waals surface area contributed by atoms with Crippen molar-refractivity contribution in [3.63, 3.8) is 0 Å². The molecule has 0 saturated heterocycles. The molecule has 2 aromatic carbocycles. The van der Waals surface area contributed by atoms with Crippen LogP contribution in [-0.2, 0) is 6.42 Å². The van der Waals surface area contributed by atoms with Crippen LogP contribution >= 0.6 is 11.3 Å². The van der Waals surface area contributed by atoms with Gasteiger partial charge in [0.1, 0.15) is 17.0 Å². The average molecular weight is 359 g/mol. The van der Waals surface area contributed by atoms with Gasteiger partial charge >= 0.3 is 0 Å². The van der Waals surface area contributed by atoms with Gasteiger partial charge in [-0.15, -0.1) is 11.3 Å². The molecule has 4 heteroatoms. The van der Waals surface area contributed by atoms with Gasteiger partial charge in [-0.05, 0) is 37.0 Å². The minimum absolute atomic E-state index is 0.871. The second kappa shape index (κ2) is 6.89. The van der Waals surface area contributed by atoms with Gasteiger partial charge in [0.05, 0.1) is 5.39 Å². The van der Waals surface area contributed by atoms with E-state index in [1.807, 2.05) is 0 Å². The van der Waals surface area contributed by atoms with Gasteiger partial charge in [0, 0.05) is 16.6 Å². The van der Waals surface area contributed by atoms with E-state index in [0.29, 0.717) is 0 Å². The minimum Gasteiger partial charge on any atom is -0.339 e. The summed E-state index contributed by atoms with van der Waals surface area (Å²) in [6, 6.07) is 15.0. The number of aryl methyl sites for hydroxylation is 3. The number of anilines is 2. The van der Waals surface area contributed by atoms with Gasteiger partial charge in [0.15, 0.2) is 0 Å². The van der Waals surface area contributed by atoms with E-state index in [1.54, 1.807) is 17.7 Å². The first-order valence-electron chi connectivity index (χ1n) is 8.82. The highest BCUT2D eigenvalue weighted by molar-refractivity contribution is 7.17. The predicted octanol–water partition coefficient (Wildman–Crippen LogP) is 6.28. The molecule has 4 rings (SSSR count). The molecule has 0 fully saturated rings. The molecule has 26 heavy (non-hydrogen) atoms. The summed E-state index contributed by atoms with van der Waals surface area (Å²) in [5.41, 5.74) is 7.30. The molecule has 0 amide bonds. The molecule has 4 aromatic rings. The van der Waals surface area contributed by atoms with Crippen molar-refractivity contribution in [2.24, 2.45) is 0 Å². The lowest BCUT2D eigenvalue weighted by atomic mass is 10.0. The first-order chi connectivity index (χ1) is 12.7. The Labute approximate surface area is 157 Å². The summed E-state index contributed by atoms with van der Waals surface area (Å²) in [7, 11) is 0. The van der Waals surface area contributed by atoms with Crippen molar-refractivity contribution in [1.29, 1.82) is 0 Å². The number of thiophene rings is 1. The number of hydrogen-bond acceptors (Lipinski definition) is 4. The average Bonchev–Trinajstić information content (AvgIpc) is 3.09. The Bertz CT molecular complexity index is 1060. The Morgan fingerprint density at radius 1 is 1.00 bits per heavy atom. The van der Waals surface area contributed by atoms with Gasteiger partial charge in [-0.1, -0.05) is 55.0 Å². The third-order valence-electron chi connectivity index (χ3n) is 4.72. The van der Waals surface area contributed by atoms with Crippen molar-refractivity contribution in [2.75, 3.05) is 5.32 Å². The van der Waals surface area contributed by atoms with E-state index < -0.39 is 0 Å². The molecule has 0 saturated carbocycles. The fourth-order valence-corrected chi connectivity index (χ4v) is 4.15. The van der Waals surface area contributed by atoms with Crippen LogP contribution in [0, 0.1) is 13.8 Å². The molecule has 2 heterocycles. The lowest BCUT2D eigenvalue weighted by Crippen LogP contribution is -2.01. The Morgan fingerprint density at radius 3 is 2.58 bits per heavy atom. The van der Waals surface area contributed by atoms with Gasteiger partial charge in [-0.2, -0.15) is 0 Å². The molecule has 130 valence electrons. The van der Waals surface area contributed by atoms with Crippen LogP contribution in [0.1, 0.15) is 23.6 Å². The molecule has 0 aliphatic carbocycles. The van der Waals surface area contributed by atoms with E-state index in [0.717, 1.165) is 28.1 Å². The lowest BCUT2D eigenvalue weighted by Gasteiger charge is -2.14. The summed E-state index contributed by atoms with van der Waals surface area (Å²) in [5, 5.41) is 6.86. The molecular weight excluding hydrogens is 338 g/mol. The van der Waals surface area contributed by atoms with Crippen LogP contribution in [0.4, 0.5) is 11.5 Å². The zero-order chi connectivity index (χ0) is 18.1. The third-order valence-corrected chi connectivity index (χ3v) is 5.60. The lowest BCUT2D eigenvalue weighted by molar-refractivity contribution is 1.13. The molecule has 0 bridgehead atoms. The number of hydrogen-bond donors (Lipinski definition) is 1. The topological polar surface area (TPSA) is 37.8 Å². The summed E-state index contributed by atoms with van der Waals surface area (Å²) in [6.07, 6.45) is 2.62. The van der Waals surface area contributed by atoms with E-state index in [1.165, 1.54) is 27.8 Å². The molecule has 0 radical (unpaired) electrons. The Balaban J connectivity index is 1.86. The van der Waals surface area contributed by atoms with Crippen molar-refractivity contribution < 1.29 is 0 Å². The second-order valence-electron chi connectivity index (χ2n) is 6.51. The highest BCUT2D eigenvalue weighted by Gasteiger charge is 2.15. The molecule has 0 unspecified atom stereocenters. The van der Waals surface area contributed by atoms with E-state index in [4.69, 9.17) is 0 Å². The largest absolute Gasteiger partial charge is 0.339 e. The first-order valence-corrected chi connectivity index (χ1v) is 9.70. The van der Waals surface area contributed by atoms with Gasteiger partial charge in [0.2, 0.25) is 0 Å². The third kappa shape index (κ3) is 2.97. The summed E-state index contributed by atoms with van der Waals surface area (Å²) in [4.78, 5) is 10.1. The molecule has 0 atom stereocenters. The van der Waals surface area contributed by atoms with Crippen molar-refractivity contribution in [1.82, 2.24) is 9.97 Å². The van der Waals surface area contributed by atoms with E-state index >= 15 is 0 Å². The number of benzene rings is 2. The van der Waals surface area contributed by atoms with Crippen LogP contribution in [0.2, 0.25) is 0 Å². The zero-order valence-electron chi connectivity index (χ0n) is 15.2. The van der Waals surface area contributed by atoms with Gasteiger partial charge in [0.25, 0.3) is 0 Å². The minimum atomic E-state index is 0.871. The fourth-order valence-electron chi connectivity index (χ4n) is 3.24. The highest BCUT2D eigenvalue weighted by atomic mass is 32.1. The number of aromatic nitrogens is 2. The van der Waals surface area contributed by atoms with E-state index in [9.17, 15) is 0 Å². The summed E-state index contributed by atoms with van der Waals surface area (Å²) >= 11 is 1.66. The maximum Gasteiger partial charge on any atom is 0.143 e. The Kier molecular flexibility index (Phi) is 4.43. The van der Waals surface area contributed by atoms with Gasteiger partial charge in [-0.3, -0.25) is 0 Å². The van der Waals surface area contributed by atoms with Crippen LogP contribution < -0.4 is 5.32 Å². The van der Waals surface area contributed by atoms with E-state index in [-0.39, 0.29) is 0 Å². The number of para-hydroxylation sites is 1. The van der Waals surface area contributed by atoms with Crippen molar-refractivity contribution in [3.8, 4) is 11.1 Å². The SMILES string of the molecule is CCc1cccc(C)c1Nc1ncnc2scc(-c3ccc(C)cc3)c12. The molecule has 1 N–H and O–H groups in total. The molecule has 0 spiro atoms. The van der Waals surface area contributed by atoms with Crippen molar-refractivity contribution in [3.05, 3.63) is 70.9 Å². The quantitative estimate of drug-likeness (QED) is 0.466. The van der Waals surface area contributed by atoms with Crippen LogP contribution in [0.15, 0.2) is 54.2 Å². The summed E-state index contributed by atoms with van der Waals surface area (Å²) in [5.74, 6) is 0.871. The molecule has 2 aromatic heterocycles. The van der Waals surface area contributed by atoms with Crippen molar-refractivity contribution >= 4 is 33.1 Å². The normalized spacial score (nSPS) is 11.0. The van der Waals surface area contributed by atoms with Gasteiger partial charge in [-0.25, -0.2) is 9.97 Å². The summed E-state index contributed by atoms with van der Waals surface area (Å²) < 4.78 is 0. The van der Waals surface area contributed by atoms with Gasteiger partial charge < -0.3 is 5.32 Å². The van der Waals surface area contributed by atoms with Crippen LogP contribution in [-0.4, -0.2) is 9.97 Å². The summed E-state index contributed by atoms with van der Waals surface area (Å²) in [6.45, 7) is 6.42. The van der Waals surface area contributed by atoms with E-state index in [2.05, 4.69) is 83.9 Å². The maximum atomic E-state index is 4.58. The first kappa shape index (κ1) is 16.7. The molecule has 3 nitrogen and oxygen atoms in total.